The average Bonchev–Trinajstić information content (AvgIpc) is 2.30. The summed E-state index contributed by atoms with van der Waals surface area (Å²) >= 11 is 0. The Hall–Kier alpha value is -1.22. The molecule has 3 heteroatoms. The van der Waals surface area contributed by atoms with E-state index in [0.717, 1.165) is 37.5 Å². The van der Waals surface area contributed by atoms with E-state index in [1.54, 1.807) is 7.11 Å². The van der Waals surface area contributed by atoms with Gasteiger partial charge in [0.25, 0.3) is 0 Å². The zero-order valence-electron chi connectivity index (χ0n) is 9.95. The van der Waals surface area contributed by atoms with Gasteiger partial charge in [0.15, 0.2) is 0 Å². The van der Waals surface area contributed by atoms with Crippen molar-refractivity contribution in [3.8, 4) is 5.75 Å². The number of aryl methyl sites for hydroxylation is 1. The standard InChI is InChI=1S/C13H19NO2/c1-9-7-12(14)13(15-2)8-11(9)10-3-5-16-6-4-10/h7-8,10H,3-6,14H2,1-2H3. The van der Waals surface area contributed by atoms with E-state index in [1.165, 1.54) is 11.1 Å². The molecule has 3 nitrogen and oxygen atoms in total. The van der Waals surface area contributed by atoms with Crippen LogP contribution in [0.4, 0.5) is 5.69 Å². The number of anilines is 1. The molecule has 16 heavy (non-hydrogen) atoms. The first-order valence-electron chi connectivity index (χ1n) is 5.74. The van der Waals surface area contributed by atoms with E-state index in [2.05, 4.69) is 13.0 Å². The van der Waals surface area contributed by atoms with E-state index in [4.69, 9.17) is 15.2 Å². The van der Waals surface area contributed by atoms with Crippen LogP contribution in [0.15, 0.2) is 12.1 Å². The number of hydrogen-bond donors (Lipinski definition) is 1. The predicted octanol–water partition coefficient (Wildman–Crippen LogP) is 2.48. The molecule has 0 radical (unpaired) electrons. The predicted molar refractivity (Wildman–Crippen MR) is 64.9 cm³/mol. The van der Waals surface area contributed by atoms with Gasteiger partial charge in [-0.3, -0.25) is 0 Å². The fourth-order valence-corrected chi connectivity index (χ4v) is 2.35. The molecule has 0 aromatic heterocycles. The van der Waals surface area contributed by atoms with E-state index in [-0.39, 0.29) is 0 Å². The fourth-order valence-electron chi connectivity index (χ4n) is 2.35. The van der Waals surface area contributed by atoms with Crippen molar-refractivity contribution in [2.45, 2.75) is 25.7 Å². The highest BCUT2D eigenvalue weighted by Gasteiger charge is 2.19. The molecule has 1 aliphatic heterocycles. The first kappa shape index (κ1) is 11.3. The molecule has 1 aliphatic rings. The minimum absolute atomic E-state index is 0.586. The smallest absolute Gasteiger partial charge is 0.142 e. The number of benzene rings is 1. The number of hydrogen-bond acceptors (Lipinski definition) is 3. The normalized spacial score (nSPS) is 17.4. The second-order valence-electron chi connectivity index (χ2n) is 4.34. The number of nitrogen functional groups attached to an aromatic ring is 1. The van der Waals surface area contributed by atoms with E-state index in [9.17, 15) is 0 Å². The summed E-state index contributed by atoms with van der Waals surface area (Å²) < 4.78 is 10.7. The van der Waals surface area contributed by atoms with Gasteiger partial charge in [0, 0.05) is 13.2 Å². The summed E-state index contributed by atoms with van der Waals surface area (Å²) in [5.74, 6) is 1.37. The zero-order valence-corrected chi connectivity index (χ0v) is 9.95. The van der Waals surface area contributed by atoms with Crippen LogP contribution in [-0.2, 0) is 4.74 Å². The van der Waals surface area contributed by atoms with E-state index in [0.29, 0.717) is 5.92 Å². The van der Waals surface area contributed by atoms with Crippen LogP contribution in [0.25, 0.3) is 0 Å². The number of methoxy groups -OCH3 is 1. The molecule has 88 valence electrons. The molecule has 1 saturated heterocycles. The first-order chi connectivity index (χ1) is 7.72. The molecule has 0 saturated carbocycles. The summed E-state index contributed by atoms with van der Waals surface area (Å²) in [7, 11) is 1.66. The van der Waals surface area contributed by atoms with Gasteiger partial charge in [0.2, 0.25) is 0 Å². The summed E-state index contributed by atoms with van der Waals surface area (Å²) in [6.07, 6.45) is 2.18. The molecular weight excluding hydrogens is 202 g/mol. The van der Waals surface area contributed by atoms with Crippen LogP contribution in [0.1, 0.15) is 29.9 Å². The van der Waals surface area contributed by atoms with Gasteiger partial charge in [-0.15, -0.1) is 0 Å². The molecule has 0 amide bonds. The Morgan fingerprint density at radius 2 is 2.00 bits per heavy atom. The van der Waals surface area contributed by atoms with Gasteiger partial charge in [-0.05, 0) is 48.9 Å². The molecule has 1 aromatic carbocycles. The Morgan fingerprint density at radius 3 is 2.62 bits per heavy atom. The minimum atomic E-state index is 0.586. The van der Waals surface area contributed by atoms with Gasteiger partial charge in [0.05, 0.1) is 12.8 Å². The molecule has 0 bridgehead atoms. The van der Waals surface area contributed by atoms with Gasteiger partial charge >= 0.3 is 0 Å². The fraction of sp³-hybridized carbons (Fsp3) is 0.538. The van der Waals surface area contributed by atoms with Crippen molar-refractivity contribution in [2.24, 2.45) is 0 Å². The summed E-state index contributed by atoms with van der Waals surface area (Å²) in [6, 6.07) is 4.09. The second kappa shape index (κ2) is 4.74. The Kier molecular flexibility index (Phi) is 3.34. The van der Waals surface area contributed by atoms with Crippen molar-refractivity contribution < 1.29 is 9.47 Å². The maximum Gasteiger partial charge on any atom is 0.142 e. The van der Waals surface area contributed by atoms with Gasteiger partial charge in [-0.25, -0.2) is 0 Å². The topological polar surface area (TPSA) is 44.5 Å². The van der Waals surface area contributed by atoms with Crippen LogP contribution < -0.4 is 10.5 Å². The lowest BCUT2D eigenvalue weighted by atomic mass is 9.88. The largest absolute Gasteiger partial charge is 0.495 e. The lowest BCUT2D eigenvalue weighted by molar-refractivity contribution is 0.0852. The number of rotatable bonds is 2. The Morgan fingerprint density at radius 1 is 1.31 bits per heavy atom. The molecule has 2 rings (SSSR count). The highest BCUT2D eigenvalue weighted by Crippen LogP contribution is 2.34. The van der Waals surface area contributed by atoms with Crippen molar-refractivity contribution in [1.29, 1.82) is 0 Å². The van der Waals surface area contributed by atoms with Crippen molar-refractivity contribution in [3.63, 3.8) is 0 Å². The number of ether oxygens (including phenoxy) is 2. The Balaban J connectivity index is 2.31. The summed E-state index contributed by atoms with van der Waals surface area (Å²) in [5, 5.41) is 0. The SMILES string of the molecule is COc1cc(C2CCOCC2)c(C)cc1N. The molecule has 1 heterocycles. The van der Waals surface area contributed by atoms with E-state index >= 15 is 0 Å². The highest BCUT2D eigenvalue weighted by atomic mass is 16.5. The average molecular weight is 221 g/mol. The quantitative estimate of drug-likeness (QED) is 0.780. The van der Waals surface area contributed by atoms with Gasteiger partial charge < -0.3 is 15.2 Å². The lowest BCUT2D eigenvalue weighted by Gasteiger charge is -2.24. The molecule has 0 spiro atoms. The summed E-state index contributed by atoms with van der Waals surface area (Å²) in [6.45, 7) is 3.83. The third-order valence-corrected chi connectivity index (χ3v) is 3.28. The van der Waals surface area contributed by atoms with Crippen molar-refractivity contribution in [1.82, 2.24) is 0 Å². The van der Waals surface area contributed by atoms with Crippen LogP contribution in [-0.4, -0.2) is 20.3 Å². The first-order valence-corrected chi connectivity index (χ1v) is 5.74. The Labute approximate surface area is 96.5 Å². The van der Waals surface area contributed by atoms with Crippen LogP contribution in [0.2, 0.25) is 0 Å². The van der Waals surface area contributed by atoms with Crippen molar-refractivity contribution in [3.05, 3.63) is 23.3 Å². The van der Waals surface area contributed by atoms with Crippen molar-refractivity contribution in [2.75, 3.05) is 26.1 Å². The summed E-state index contributed by atoms with van der Waals surface area (Å²) in [5.41, 5.74) is 9.21. The summed E-state index contributed by atoms with van der Waals surface area (Å²) in [4.78, 5) is 0. The second-order valence-corrected chi connectivity index (χ2v) is 4.34. The highest BCUT2D eigenvalue weighted by molar-refractivity contribution is 5.57. The van der Waals surface area contributed by atoms with Crippen LogP contribution in [0.5, 0.6) is 5.75 Å². The maximum absolute atomic E-state index is 5.88. The van der Waals surface area contributed by atoms with Gasteiger partial charge in [0.1, 0.15) is 5.75 Å². The maximum atomic E-state index is 5.88. The third-order valence-electron chi connectivity index (χ3n) is 3.28. The van der Waals surface area contributed by atoms with E-state index in [1.807, 2.05) is 6.07 Å². The molecule has 1 fully saturated rings. The van der Waals surface area contributed by atoms with Crippen LogP contribution in [0.3, 0.4) is 0 Å². The van der Waals surface area contributed by atoms with Gasteiger partial charge in [-0.2, -0.15) is 0 Å². The lowest BCUT2D eigenvalue weighted by Crippen LogP contribution is -2.15. The number of nitrogens with two attached hydrogens (primary N) is 1. The van der Waals surface area contributed by atoms with Crippen molar-refractivity contribution >= 4 is 5.69 Å². The Bertz CT molecular complexity index is 370. The van der Waals surface area contributed by atoms with E-state index < -0.39 is 0 Å². The monoisotopic (exact) mass is 221 g/mol. The molecule has 0 aliphatic carbocycles. The molecular formula is C13H19NO2. The molecule has 0 atom stereocenters. The molecule has 0 unspecified atom stereocenters. The zero-order chi connectivity index (χ0) is 11.5. The van der Waals surface area contributed by atoms with Crippen LogP contribution >= 0.6 is 0 Å². The van der Waals surface area contributed by atoms with Gasteiger partial charge in [-0.1, -0.05) is 0 Å². The molecule has 1 aromatic rings. The van der Waals surface area contributed by atoms with Crippen LogP contribution in [0, 0.1) is 6.92 Å². The minimum Gasteiger partial charge on any atom is -0.495 e. The third kappa shape index (κ3) is 2.14. The molecule has 2 N–H and O–H groups in total.